The van der Waals surface area contributed by atoms with E-state index < -0.39 is 0 Å². The first-order chi connectivity index (χ1) is 11.6. The number of likely N-dealkylation sites (N-methyl/N-ethyl adjacent to an activating group) is 1. The molecule has 1 aromatic carbocycles. The predicted molar refractivity (Wildman–Crippen MR) is 96.4 cm³/mol. The quantitative estimate of drug-likeness (QED) is 0.810. The van der Waals surface area contributed by atoms with Crippen molar-refractivity contribution in [3.63, 3.8) is 0 Å². The Morgan fingerprint density at radius 2 is 1.96 bits per heavy atom. The van der Waals surface area contributed by atoms with E-state index in [1.807, 2.05) is 44.3 Å². The summed E-state index contributed by atoms with van der Waals surface area (Å²) in [5, 5.41) is 2.93. The number of carbonyl (C=O) groups is 1. The zero-order valence-electron chi connectivity index (χ0n) is 14.6. The van der Waals surface area contributed by atoms with Crippen molar-refractivity contribution in [2.75, 3.05) is 32.6 Å². The Hall–Kier alpha value is -2.40. The summed E-state index contributed by atoms with van der Waals surface area (Å²) in [6.07, 6.45) is 5.01. The van der Waals surface area contributed by atoms with Crippen LogP contribution in [0.2, 0.25) is 0 Å². The highest BCUT2D eigenvalue weighted by Gasteiger charge is 2.09. The SMILES string of the molecule is COc1ccc(C)cc1NC(=O)CCN(C)CCc1ccncc1. The molecule has 128 valence electrons. The molecule has 0 saturated heterocycles. The van der Waals surface area contributed by atoms with E-state index in [1.165, 1.54) is 5.56 Å². The summed E-state index contributed by atoms with van der Waals surface area (Å²) in [5.74, 6) is 0.676. The molecule has 1 heterocycles. The number of methoxy groups -OCH3 is 1. The maximum Gasteiger partial charge on any atom is 0.225 e. The molecule has 0 bridgehead atoms. The van der Waals surface area contributed by atoms with E-state index in [2.05, 4.69) is 15.2 Å². The molecule has 0 unspecified atom stereocenters. The van der Waals surface area contributed by atoms with Gasteiger partial charge in [-0.1, -0.05) is 6.07 Å². The van der Waals surface area contributed by atoms with Gasteiger partial charge in [0, 0.05) is 31.9 Å². The third-order valence-corrected chi connectivity index (χ3v) is 3.88. The number of anilines is 1. The Morgan fingerprint density at radius 3 is 2.67 bits per heavy atom. The van der Waals surface area contributed by atoms with Crippen LogP contribution in [0.5, 0.6) is 5.75 Å². The third-order valence-electron chi connectivity index (χ3n) is 3.88. The van der Waals surface area contributed by atoms with Crippen LogP contribution in [0.4, 0.5) is 5.69 Å². The normalized spacial score (nSPS) is 10.7. The van der Waals surface area contributed by atoms with E-state index >= 15 is 0 Å². The van der Waals surface area contributed by atoms with E-state index in [4.69, 9.17) is 4.74 Å². The Balaban J connectivity index is 1.77. The van der Waals surface area contributed by atoms with Gasteiger partial charge in [-0.15, -0.1) is 0 Å². The highest BCUT2D eigenvalue weighted by molar-refractivity contribution is 5.92. The lowest BCUT2D eigenvalue weighted by molar-refractivity contribution is -0.116. The first kappa shape index (κ1) is 17.9. The zero-order valence-corrected chi connectivity index (χ0v) is 14.6. The number of carbonyl (C=O) groups excluding carboxylic acids is 1. The van der Waals surface area contributed by atoms with Crippen molar-refractivity contribution in [1.82, 2.24) is 9.88 Å². The molecule has 0 aliphatic heterocycles. The molecule has 0 atom stereocenters. The summed E-state index contributed by atoms with van der Waals surface area (Å²) in [7, 11) is 3.63. The van der Waals surface area contributed by atoms with Crippen LogP contribution in [0, 0.1) is 6.92 Å². The lowest BCUT2D eigenvalue weighted by atomic mass is 10.2. The summed E-state index contributed by atoms with van der Waals surface area (Å²) in [6, 6.07) is 9.78. The van der Waals surface area contributed by atoms with Gasteiger partial charge in [0.15, 0.2) is 0 Å². The lowest BCUT2D eigenvalue weighted by Crippen LogP contribution is -2.26. The topological polar surface area (TPSA) is 54.5 Å². The first-order valence-corrected chi connectivity index (χ1v) is 8.10. The van der Waals surface area contributed by atoms with E-state index in [1.54, 1.807) is 19.5 Å². The van der Waals surface area contributed by atoms with Gasteiger partial charge in [0.05, 0.1) is 12.8 Å². The molecular formula is C19H25N3O2. The van der Waals surface area contributed by atoms with Gasteiger partial charge in [0.2, 0.25) is 5.91 Å². The number of nitrogens with one attached hydrogen (secondary N) is 1. The van der Waals surface area contributed by atoms with Crippen LogP contribution < -0.4 is 10.1 Å². The minimum Gasteiger partial charge on any atom is -0.495 e. The molecule has 0 radical (unpaired) electrons. The van der Waals surface area contributed by atoms with E-state index in [-0.39, 0.29) is 5.91 Å². The van der Waals surface area contributed by atoms with Crippen molar-refractivity contribution in [3.05, 3.63) is 53.9 Å². The second-order valence-electron chi connectivity index (χ2n) is 5.91. The molecule has 5 nitrogen and oxygen atoms in total. The van der Waals surface area contributed by atoms with Gasteiger partial charge in [0.1, 0.15) is 5.75 Å². The second-order valence-corrected chi connectivity index (χ2v) is 5.91. The average molecular weight is 327 g/mol. The van der Waals surface area contributed by atoms with E-state index in [0.717, 1.165) is 24.2 Å². The van der Waals surface area contributed by atoms with Crippen molar-refractivity contribution < 1.29 is 9.53 Å². The van der Waals surface area contributed by atoms with Gasteiger partial charge < -0.3 is 15.0 Å². The number of aryl methyl sites for hydroxylation is 1. The van der Waals surface area contributed by atoms with Crippen molar-refractivity contribution in [2.24, 2.45) is 0 Å². The van der Waals surface area contributed by atoms with Crippen molar-refractivity contribution in [1.29, 1.82) is 0 Å². The third kappa shape index (κ3) is 5.66. The Morgan fingerprint density at radius 1 is 1.21 bits per heavy atom. The number of ether oxygens (including phenoxy) is 1. The molecular weight excluding hydrogens is 302 g/mol. The minimum atomic E-state index is -0.00494. The van der Waals surface area contributed by atoms with Gasteiger partial charge in [-0.2, -0.15) is 0 Å². The van der Waals surface area contributed by atoms with Crippen molar-refractivity contribution in [2.45, 2.75) is 19.8 Å². The van der Waals surface area contributed by atoms with Crippen LogP contribution in [0.25, 0.3) is 0 Å². The van der Waals surface area contributed by atoms with Gasteiger partial charge in [-0.05, 0) is 55.8 Å². The number of hydrogen-bond acceptors (Lipinski definition) is 4. The Labute approximate surface area is 143 Å². The highest BCUT2D eigenvalue weighted by Crippen LogP contribution is 2.25. The fourth-order valence-corrected chi connectivity index (χ4v) is 2.41. The zero-order chi connectivity index (χ0) is 17.4. The molecule has 0 aliphatic carbocycles. The Kier molecular flexibility index (Phi) is 6.75. The first-order valence-electron chi connectivity index (χ1n) is 8.10. The van der Waals surface area contributed by atoms with Crippen LogP contribution >= 0.6 is 0 Å². The maximum atomic E-state index is 12.2. The molecule has 0 aliphatic rings. The van der Waals surface area contributed by atoms with Crippen LogP contribution in [-0.4, -0.2) is 43.0 Å². The molecule has 0 spiro atoms. The number of nitrogens with zero attached hydrogens (tertiary/aromatic N) is 2. The molecule has 1 amide bonds. The van der Waals surface area contributed by atoms with Crippen LogP contribution in [0.15, 0.2) is 42.7 Å². The van der Waals surface area contributed by atoms with E-state index in [9.17, 15) is 4.79 Å². The van der Waals surface area contributed by atoms with Crippen molar-refractivity contribution >= 4 is 11.6 Å². The molecule has 1 N–H and O–H groups in total. The van der Waals surface area contributed by atoms with Crippen LogP contribution in [0.1, 0.15) is 17.5 Å². The number of benzene rings is 1. The molecule has 2 aromatic rings. The van der Waals surface area contributed by atoms with Gasteiger partial charge >= 0.3 is 0 Å². The molecule has 24 heavy (non-hydrogen) atoms. The number of hydrogen-bond donors (Lipinski definition) is 1. The van der Waals surface area contributed by atoms with E-state index in [0.29, 0.717) is 18.7 Å². The fraction of sp³-hybridized carbons (Fsp3) is 0.368. The highest BCUT2D eigenvalue weighted by atomic mass is 16.5. The molecule has 5 heteroatoms. The minimum absolute atomic E-state index is 0.00494. The molecule has 0 fully saturated rings. The standard InChI is InChI=1S/C19H25N3O2/c1-15-4-5-18(24-3)17(14-15)21-19(23)9-13-22(2)12-8-16-6-10-20-11-7-16/h4-7,10-11,14H,8-9,12-13H2,1-3H3,(H,21,23). The van der Waals surface area contributed by atoms with Crippen molar-refractivity contribution in [3.8, 4) is 5.75 Å². The molecule has 1 aromatic heterocycles. The van der Waals surface area contributed by atoms with Gasteiger partial charge in [0.25, 0.3) is 0 Å². The Bertz CT molecular complexity index is 659. The fourth-order valence-electron chi connectivity index (χ4n) is 2.41. The lowest BCUT2D eigenvalue weighted by Gasteiger charge is -2.17. The average Bonchev–Trinajstić information content (AvgIpc) is 2.59. The summed E-state index contributed by atoms with van der Waals surface area (Å²) in [5.41, 5.74) is 3.06. The van der Waals surface area contributed by atoms with Crippen LogP contribution in [0.3, 0.4) is 0 Å². The second kappa shape index (κ2) is 9.03. The smallest absolute Gasteiger partial charge is 0.225 e. The summed E-state index contributed by atoms with van der Waals surface area (Å²) >= 11 is 0. The van der Waals surface area contributed by atoms with Gasteiger partial charge in [-0.3, -0.25) is 9.78 Å². The molecule has 0 saturated carbocycles. The molecule has 2 rings (SSSR count). The maximum absolute atomic E-state index is 12.2. The summed E-state index contributed by atoms with van der Waals surface area (Å²) in [6.45, 7) is 3.61. The largest absolute Gasteiger partial charge is 0.495 e. The summed E-state index contributed by atoms with van der Waals surface area (Å²) in [4.78, 5) is 18.3. The monoisotopic (exact) mass is 327 g/mol. The predicted octanol–water partition coefficient (Wildman–Crippen LogP) is 2.90. The number of aromatic nitrogens is 1. The number of pyridine rings is 1. The number of amides is 1. The van der Waals surface area contributed by atoms with Crippen LogP contribution in [-0.2, 0) is 11.2 Å². The number of rotatable bonds is 8. The van der Waals surface area contributed by atoms with Gasteiger partial charge in [-0.25, -0.2) is 0 Å². The summed E-state index contributed by atoms with van der Waals surface area (Å²) < 4.78 is 5.28.